The van der Waals surface area contributed by atoms with Crippen LogP contribution in [-0.2, 0) is 26.6 Å². The van der Waals surface area contributed by atoms with Crippen molar-refractivity contribution in [2.24, 2.45) is 7.05 Å². The predicted molar refractivity (Wildman–Crippen MR) is 93.6 cm³/mol. The second-order valence-corrected chi connectivity index (χ2v) is 6.18. The maximum absolute atomic E-state index is 12.5. The number of imidazole rings is 1. The summed E-state index contributed by atoms with van der Waals surface area (Å²) in [6, 6.07) is 9.98. The Hall–Kier alpha value is -3.09. The lowest BCUT2D eigenvalue weighted by Crippen LogP contribution is -2.42. The number of rotatable bonds is 3. The monoisotopic (exact) mass is 336 g/mol. The van der Waals surface area contributed by atoms with Crippen molar-refractivity contribution in [2.45, 2.75) is 19.5 Å². The minimum atomic E-state index is -0.0751. The zero-order valence-corrected chi connectivity index (χ0v) is 14.1. The fraction of sp³-hybridized carbons (Fsp3) is 0.278. The van der Waals surface area contributed by atoms with Crippen LogP contribution in [0.3, 0.4) is 0 Å². The topological polar surface area (TPSA) is 78.8 Å². The van der Waals surface area contributed by atoms with Crippen LogP contribution in [0, 0.1) is 0 Å². The number of urea groups is 1. The summed E-state index contributed by atoms with van der Waals surface area (Å²) in [6.45, 7) is 1.65. The van der Waals surface area contributed by atoms with E-state index in [9.17, 15) is 4.79 Å². The van der Waals surface area contributed by atoms with Crippen LogP contribution in [0.4, 0.5) is 4.79 Å². The molecule has 0 spiro atoms. The van der Waals surface area contributed by atoms with Crippen molar-refractivity contribution in [3.63, 3.8) is 0 Å². The Kier molecular flexibility index (Phi) is 3.97. The third kappa shape index (κ3) is 3.00. The smallest absolute Gasteiger partial charge is 0.318 e. The zero-order valence-electron chi connectivity index (χ0n) is 14.1. The van der Waals surface area contributed by atoms with Gasteiger partial charge in [-0.25, -0.2) is 9.78 Å². The van der Waals surface area contributed by atoms with E-state index in [2.05, 4.69) is 20.5 Å². The van der Waals surface area contributed by atoms with Crippen molar-refractivity contribution in [3.8, 4) is 11.3 Å². The summed E-state index contributed by atoms with van der Waals surface area (Å²) in [4.78, 5) is 18.6. The molecule has 1 aromatic carbocycles. The molecule has 1 aliphatic heterocycles. The molecule has 0 unspecified atom stereocenters. The molecule has 2 N–H and O–H groups in total. The maximum atomic E-state index is 12.5. The number of aromatic nitrogens is 4. The van der Waals surface area contributed by atoms with Gasteiger partial charge in [-0.05, 0) is 0 Å². The lowest BCUT2D eigenvalue weighted by atomic mass is 10.0. The van der Waals surface area contributed by atoms with Crippen LogP contribution in [0.2, 0.25) is 0 Å². The van der Waals surface area contributed by atoms with Crippen LogP contribution >= 0.6 is 0 Å². The predicted octanol–water partition coefficient (Wildman–Crippen LogP) is 2.08. The molecule has 0 bridgehead atoms. The van der Waals surface area contributed by atoms with E-state index in [0.717, 1.165) is 34.8 Å². The van der Waals surface area contributed by atoms with Gasteiger partial charge in [0.2, 0.25) is 0 Å². The average molecular weight is 336 g/mol. The first kappa shape index (κ1) is 15.4. The summed E-state index contributed by atoms with van der Waals surface area (Å²) in [5.41, 5.74) is 4.21. The number of nitrogens with one attached hydrogen (secondary N) is 2. The molecule has 0 radical (unpaired) electrons. The van der Waals surface area contributed by atoms with Gasteiger partial charge in [-0.1, -0.05) is 30.3 Å². The molecule has 25 heavy (non-hydrogen) atoms. The van der Waals surface area contributed by atoms with E-state index in [1.165, 1.54) is 0 Å². The Morgan fingerprint density at radius 3 is 2.92 bits per heavy atom. The van der Waals surface area contributed by atoms with Crippen LogP contribution < -0.4 is 5.32 Å². The van der Waals surface area contributed by atoms with Crippen LogP contribution in [0.5, 0.6) is 0 Å². The largest absolute Gasteiger partial charge is 0.337 e. The lowest BCUT2D eigenvalue weighted by molar-refractivity contribution is 0.191. The van der Waals surface area contributed by atoms with Gasteiger partial charge in [-0.2, -0.15) is 5.10 Å². The van der Waals surface area contributed by atoms with E-state index in [4.69, 9.17) is 0 Å². The van der Waals surface area contributed by atoms with Crippen molar-refractivity contribution in [1.82, 2.24) is 30.0 Å². The number of hydrogen-bond acceptors (Lipinski definition) is 3. The molecule has 7 nitrogen and oxygen atoms in total. The fourth-order valence-electron chi connectivity index (χ4n) is 3.14. The van der Waals surface area contributed by atoms with Crippen molar-refractivity contribution < 1.29 is 4.79 Å². The molecular formula is C18H20N6O. The number of nitrogens with zero attached hydrogens (tertiary/aromatic N) is 4. The Morgan fingerprint density at radius 2 is 2.16 bits per heavy atom. The molecule has 0 saturated carbocycles. The number of fused-ring (bicyclic) bond motifs is 1. The molecule has 7 heteroatoms. The summed E-state index contributed by atoms with van der Waals surface area (Å²) in [5.74, 6) is 0.833. The molecule has 2 aromatic heterocycles. The average Bonchev–Trinajstić information content (AvgIpc) is 3.25. The van der Waals surface area contributed by atoms with E-state index in [0.29, 0.717) is 19.6 Å². The minimum Gasteiger partial charge on any atom is -0.337 e. The molecule has 0 saturated heterocycles. The Balaban J connectivity index is 1.48. The van der Waals surface area contributed by atoms with Crippen LogP contribution in [0.25, 0.3) is 11.3 Å². The van der Waals surface area contributed by atoms with E-state index in [1.807, 2.05) is 53.0 Å². The summed E-state index contributed by atoms with van der Waals surface area (Å²) < 4.78 is 1.90. The van der Waals surface area contributed by atoms with Gasteiger partial charge in [-0.15, -0.1) is 0 Å². The van der Waals surface area contributed by atoms with E-state index < -0.39 is 0 Å². The van der Waals surface area contributed by atoms with E-state index in [1.54, 1.807) is 6.20 Å². The molecule has 0 fully saturated rings. The van der Waals surface area contributed by atoms with Crippen molar-refractivity contribution >= 4 is 6.03 Å². The molecule has 0 atom stereocenters. The number of aryl methyl sites for hydroxylation is 1. The maximum Gasteiger partial charge on any atom is 0.318 e. The highest BCUT2D eigenvalue weighted by Crippen LogP contribution is 2.28. The van der Waals surface area contributed by atoms with E-state index >= 15 is 0 Å². The molecule has 4 rings (SSSR count). The second-order valence-electron chi connectivity index (χ2n) is 6.18. The first-order valence-corrected chi connectivity index (χ1v) is 8.33. The highest BCUT2D eigenvalue weighted by molar-refractivity contribution is 5.75. The normalized spacial score (nSPS) is 13.6. The van der Waals surface area contributed by atoms with Gasteiger partial charge < -0.3 is 14.8 Å². The number of amides is 2. The fourth-order valence-corrected chi connectivity index (χ4v) is 3.14. The number of H-pyrrole nitrogens is 1. The van der Waals surface area contributed by atoms with Crippen LogP contribution in [-0.4, -0.2) is 37.2 Å². The van der Waals surface area contributed by atoms with Gasteiger partial charge in [0, 0.05) is 49.2 Å². The second kappa shape index (κ2) is 6.43. The quantitative estimate of drug-likeness (QED) is 0.768. The standard InChI is InChI=1S/C18H20N6O/c1-23-10-8-19-16(23)11-20-18(25)24-9-7-15-14(12-24)17(22-21-15)13-5-3-2-4-6-13/h2-6,8,10H,7,9,11-12H2,1H3,(H,20,25)(H,21,22). The third-order valence-corrected chi connectivity index (χ3v) is 4.59. The van der Waals surface area contributed by atoms with Crippen molar-refractivity contribution in [1.29, 1.82) is 0 Å². The van der Waals surface area contributed by atoms with E-state index in [-0.39, 0.29) is 6.03 Å². The van der Waals surface area contributed by atoms with Crippen molar-refractivity contribution in [2.75, 3.05) is 6.54 Å². The lowest BCUT2D eigenvalue weighted by Gasteiger charge is -2.27. The van der Waals surface area contributed by atoms with Gasteiger partial charge in [0.1, 0.15) is 5.82 Å². The molecule has 1 aliphatic rings. The minimum absolute atomic E-state index is 0.0751. The summed E-state index contributed by atoms with van der Waals surface area (Å²) >= 11 is 0. The van der Waals surface area contributed by atoms with Gasteiger partial charge >= 0.3 is 6.03 Å². The Bertz CT molecular complexity index is 882. The van der Waals surface area contributed by atoms with Gasteiger partial charge in [0.05, 0.1) is 18.8 Å². The molecule has 0 aliphatic carbocycles. The molecule has 3 aromatic rings. The molecule has 3 heterocycles. The number of benzene rings is 1. The zero-order chi connectivity index (χ0) is 17.2. The molecule has 128 valence electrons. The van der Waals surface area contributed by atoms with Crippen molar-refractivity contribution in [3.05, 3.63) is 59.8 Å². The number of hydrogen-bond donors (Lipinski definition) is 2. The SMILES string of the molecule is Cn1ccnc1CNC(=O)N1CCc2[nH]nc(-c3ccccc3)c2C1. The summed E-state index contributed by atoms with van der Waals surface area (Å²) in [7, 11) is 1.92. The van der Waals surface area contributed by atoms with Gasteiger partial charge in [0.25, 0.3) is 0 Å². The number of carbonyl (C=O) groups excluding carboxylic acids is 1. The van der Waals surface area contributed by atoms with Crippen LogP contribution in [0.1, 0.15) is 17.1 Å². The molecule has 2 amide bonds. The molecular weight excluding hydrogens is 316 g/mol. The third-order valence-electron chi connectivity index (χ3n) is 4.59. The van der Waals surface area contributed by atoms with Gasteiger partial charge in [0.15, 0.2) is 0 Å². The number of aromatic amines is 1. The Morgan fingerprint density at radius 1 is 1.32 bits per heavy atom. The number of carbonyl (C=O) groups is 1. The summed E-state index contributed by atoms with van der Waals surface area (Å²) in [6.07, 6.45) is 4.38. The highest BCUT2D eigenvalue weighted by Gasteiger charge is 2.25. The van der Waals surface area contributed by atoms with Gasteiger partial charge in [-0.3, -0.25) is 5.10 Å². The first-order valence-electron chi connectivity index (χ1n) is 8.33. The Labute approximate surface area is 145 Å². The summed E-state index contributed by atoms with van der Waals surface area (Å²) in [5, 5.41) is 10.5. The highest BCUT2D eigenvalue weighted by atomic mass is 16.2. The van der Waals surface area contributed by atoms with Crippen LogP contribution in [0.15, 0.2) is 42.7 Å². The first-order chi connectivity index (χ1) is 12.2.